The lowest BCUT2D eigenvalue weighted by Crippen LogP contribution is -2.44. The minimum Gasteiger partial charge on any atom is -0.497 e. The molecule has 0 aromatic heterocycles. The molecule has 3 rings (SSSR count). The van der Waals surface area contributed by atoms with Gasteiger partial charge in [-0.05, 0) is 49.0 Å². The van der Waals surface area contributed by atoms with Crippen molar-refractivity contribution in [3.63, 3.8) is 0 Å². The first-order chi connectivity index (χ1) is 13.1. The number of carbonyl (C=O) groups is 1. The van der Waals surface area contributed by atoms with Crippen molar-refractivity contribution >= 4 is 11.6 Å². The highest BCUT2D eigenvalue weighted by Crippen LogP contribution is 2.15. The standard InChI is InChI=1S/C21H27N3O3/c1-24-10-11-27-20(15-24)14-22-13-16-4-3-5-18(12-16)23-21(25)17-6-8-19(26-2)9-7-17/h3-9,12,20,22H,10-11,13-15H2,1-2H3,(H,23,25). The number of ether oxygens (including phenoxy) is 2. The Bertz CT molecular complexity index is 749. The molecule has 0 saturated carbocycles. The van der Waals surface area contributed by atoms with Crippen LogP contribution >= 0.6 is 0 Å². The maximum Gasteiger partial charge on any atom is 0.255 e. The first kappa shape index (κ1) is 19.4. The average molecular weight is 369 g/mol. The maximum atomic E-state index is 12.4. The van der Waals surface area contributed by atoms with E-state index in [-0.39, 0.29) is 12.0 Å². The third kappa shape index (κ3) is 5.79. The molecule has 2 aromatic rings. The number of nitrogens with one attached hydrogen (secondary N) is 2. The van der Waals surface area contributed by atoms with Gasteiger partial charge in [-0.25, -0.2) is 0 Å². The first-order valence-electron chi connectivity index (χ1n) is 9.19. The van der Waals surface area contributed by atoms with E-state index in [9.17, 15) is 4.79 Å². The third-order valence-corrected chi connectivity index (χ3v) is 4.58. The Hall–Kier alpha value is -2.41. The minimum absolute atomic E-state index is 0.138. The van der Waals surface area contributed by atoms with Crippen molar-refractivity contribution in [2.45, 2.75) is 12.6 Å². The fourth-order valence-electron chi connectivity index (χ4n) is 3.07. The summed E-state index contributed by atoms with van der Waals surface area (Å²) >= 11 is 0. The molecular formula is C21H27N3O3. The van der Waals surface area contributed by atoms with E-state index >= 15 is 0 Å². The summed E-state index contributed by atoms with van der Waals surface area (Å²) in [7, 11) is 3.72. The van der Waals surface area contributed by atoms with E-state index < -0.39 is 0 Å². The number of hydrogen-bond acceptors (Lipinski definition) is 5. The molecule has 2 aromatic carbocycles. The number of methoxy groups -OCH3 is 1. The molecule has 0 bridgehead atoms. The summed E-state index contributed by atoms with van der Waals surface area (Å²) in [6.07, 6.45) is 0.224. The summed E-state index contributed by atoms with van der Waals surface area (Å²) in [5.74, 6) is 0.592. The Balaban J connectivity index is 1.51. The van der Waals surface area contributed by atoms with Crippen molar-refractivity contribution in [1.82, 2.24) is 10.2 Å². The SMILES string of the molecule is COc1ccc(C(=O)Nc2cccc(CNCC3CN(C)CCO3)c2)cc1. The molecule has 1 amide bonds. The summed E-state index contributed by atoms with van der Waals surface area (Å²) in [5.41, 5.74) is 2.49. The van der Waals surface area contributed by atoms with Gasteiger partial charge < -0.3 is 25.0 Å². The van der Waals surface area contributed by atoms with Crippen LogP contribution in [-0.4, -0.2) is 57.3 Å². The monoisotopic (exact) mass is 369 g/mol. The molecule has 27 heavy (non-hydrogen) atoms. The van der Waals surface area contributed by atoms with Gasteiger partial charge in [0.1, 0.15) is 5.75 Å². The lowest BCUT2D eigenvalue weighted by atomic mass is 10.1. The first-order valence-corrected chi connectivity index (χ1v) is 9.19. The lowest BCUT2D eigenvalue weighted by molar-refractivity contribution is -0.0182. The normalized spacial score (nSPS) is 17.5. The van der Waals surface area contributed by atoms with Gasteiger partial charge in [-0.2, -0.15) is 0 Å². The number of rotatable bonds is 7. The van der Waals surface area contributed by atoms with Crippen molar-refractivity contribution in [2.24, 2.45) is 0 Å². The van der Waals surface area contributed by atoms with Crippen molar-refractivity contribution in [3.05, 3.63) is 59.7 Å². The molecule has 0 spiro atoms. The van der Waals surface area contributed by atoms with Crippen molar-refractivity contribution in [3.8, 4) is 5.75 Å². The molecule has 1 heterocycles. The van der Waals surface area contributed by atoms with E-state index in [1.54, 1.807) is 31.4 Å². The predicted octanol–water partition coefficient (Wildman–Crippen LogP) is 2.37. The summed E-state index contributed by atoms with van der Waals surface area (Å²) in [6.45, 7) is 4.27. The van der Waals surface area contributed by atoms with Gasteiger partial charge in [0, 0.05) is 37.4 Å². The molecule has 6 heteroatoms. The van der Waals surface area contributed by atoms with Gasteiger partial charge in [0.2, 0.25) is 0 Å². The molecule has 1 atom stereocenters. The average Bonchev–Trinajstić information content (AvgIpc) is 2.68. The van der Waals surface area contributed by atoms with E-state index in [0.717, 1.165) is 49.8 Å². The summed E-state index contributed by atoms with van der Waals surface area (Å²) < 4.78 is 10.9. The zero-order chi connectivity index (χ0) is 19.1. The van der Waals surface area contributed by atoms with Crippen molar-refractivity contribution in [2.75, 3.05) is 45.7 Å². The quantitative estimate of drug-likeness (QED) is 0.785. The van der Waals surface area contributed by atoms with Crippen LogP contribution in [0.4, 0.5) is 5.69 Å². The van der Waals surface area contributed by atoms with E-state index in [4.69, 9.17) is 9.47 Å². The van der Waals surface area contributed by atoms with Crippen LogP contribution in [0.25, 0.3) is 0 Å². The minimum atomic E-state index is -0.138. The number of likely N-dealkylation sites (N-methyl/N-ethyl adjacent to an activating group) is 1. The number of amides is 1. The van der Waals surface area contributed by atoms with Gasteiger partial charge in [-0.15, -0.1) is 0 Å². The molecule has 1 aliphatic heterocycles. The Kier molecular flexibility index (Phi) is 6.81. The lowest BCUT2D eigenvalue weighted by Gasteiger charge is -2.30. The summed E-state index contributed by atoms with van der Waals surface area (Å²) in [4.78, 5) is 14.7. The summed E-state index contributed by atoms with van der Waals surface area (Å²) in [6, 6.07) is 14.9. The van der Waals surface area contributed by atoms with Gasteiger partial charge in [0.15, 0.2) is 0 Å². The van der Waals surface area contributed by atoms with Gasteiger partial charge in [-0.1, -0.05) is 12.1 Å². The zero-order valence-corrected chi connectivity index (χ0v) is 15.9. The van der Waals surface area contributed by atoms with Crippen LogP contribution in [0.3, 0.4) is 0 Å². The van der Waals surface area contributed by atoms with E-state index in [1.807, 2.05) is 24.3 Å². The molecule has 144 valence electrons. The second-order valence-electron chi connectivity index (χ2n) is 6.77. The summed E-state index contributed by atoms with van der Waals surface area (Å²) in [5, 5.41) is 6.38. The molecule has 1 fully saturated rings. The van der Waals surface area contributed by atoms with E-state index in [0.29, 0.717) is 5.56 Å². The molecule has 1 aliphatic rings. The van der Waals surface area contributed by atoms with Gasteiger partial charge in [-0.3, -0.25) is 4.79 Å². The Labute approximate surface area is 160 Å². The molecular weight excluding hydrogens is 342 g/mol. The molecule has 6 nitrogen and oxygen atoms in total. The smallest absolute Gasteiger partial charge is 0.255 e. The Morgan fingerprint density at radius 3 is 2.81 bits per heavy atom. The fraction of sp³-hybridized carbons (Fsp3) is 0.381. The largest absolute Gasteiger partial charge is 0.497 e. The number of nitrogens with zero attached hydrogens (tertiary/aromatic N) is 1. The van der Waals surface area contributed by atoms with Crippen molar-refractivity contribution in [1.29, 1.82) is 0 Å². The van der Waals surface area contributed by atoms with Crippen LogP contribution in [0, 0.1) is 0 Å². The van der Waals surface area contributed by atoms with Crippen LogP contribution in [0.1, 0.15) is 15.9 Å². The van der Waals surface area contributed by atoms with Crippen LogP contribution in [-0.2, 0) is 11.3 Å². The highest BCUT2D eigenvalue weighted by molar-refractivity contribution is 6.04. The van der Waals surface area contributed by atoms with Crippen LogP contribution in [0.15, 0.2) is 48.5 Å². The van der Waals surface area contributed by atoms with Crippen LogP contribution in [0.5, 0.6) is 5.75 Å². The van der Waals surface area contributed by atoms with Gasteiger partial charge in [0.05, 0.1) is 19.8 Å². The Morgan fingerprint density at radius 2 is 2.07 bits per heavy atom. The second-order valence-corrected chi connectivity index (χ2v) is 6.77. The number of hydrogen-bond donors (Lipinski definition) is 2. The number of anilines is 1. The number of benzene rings is 2. The van der Waals surface area contributed by atoms with Crippen molar-refractivity contribution < 1.29 is 14.3 Å². The fourth-order valence-corrected chi connectivity index (χ4v) is 3.07. The molecule has 0 aliphatic carbocycles. The third-order valence-electron chi connectivity index (χ3n) is 4.58. The van der Waals surface area contributed by atoms with E-state index in [2.05, 4.69) is 22.6 Å². The number of carbonyl (C=O) groups excluding carboxylic acids is 1. The maximum absolute atomic E-state index is 12.4. The molecule has 1 saturated heterocycles. The second kappa shape index (κ2) is 9.50. The van der Waals surface area contributed by atoms with Gasteiger partial charge >= 0.3 is 0 Å². The number of morpholine rings is 1. The molecule has 0 radical (unpaired) electrons. The highest BCUT2D eigenvalue weighted by atomic mass is 16.5. The van der Waals surface area contributed by atoms with Gasteiger partial charge in [0.25, 0.3) is 5.91 Å². The Morgan fingerprint density at radius 1 is 1.26 bits per heavy atom. The molecule has 2 N–H and O–H groups in total. The predicted molar refractivity (Wildman–Crippen MR) is 106 cm³/mol. The zero-order valence-electron chi connectivity index (χ0n) is 15.9. The van der Waals surface area contributed by atoms with Crippen LogP contribution < -0.4 is 15.4 Å². The molecule has 1 unspecified atom stereocenters. The highest BCUT2D eigenvalue weighted by Gasteiger charge is 2.16. The topological polar surface area (TPSA) is 62.8 Å². The van der Waals surface area contributed by atoms with E-state index in [1.165, 1.54) is 0 Å². The van der Waals surface area contributed by atoms with Crippen LogP contribution in [0.2, 0.25) is 0 Å².